The first-order valence-electron chi connectivity index (χ1n) is 6.21. The number of aliphatic hydroxyl groups is 1. The summed E-state index contributed by atoms with van der Waals surface area (Å²) < 4.78 is 1.82. The predicted molar refractivity (Wildman–Crippen MR) is 69.2 cm³/mol. The summed E-state index contributed by atoms with van der Waals surface area (Å²) >= 11 is 0. The molecule has 0 spiro atoms. The van der Waals surface area contributed by atoms with Gasteiger partial charge in [0.05, 0.1) is 0 Å². The fourth-order valence-corrected chi connectivity index (χ4v) is 1.97. The third kappa shape index (κ3) is 2.87. The molecule has 0 bridgehead atoms. The number of fused-ring (bicyclic) bond motifs is 1. The molecule has 2 aliphatic heterocycles. The number of rotatable bonds is 5. The van der Waals surface area contributed by atoms with Crippen LogP contribution in [-0.2, 0) is 6.54 Å². The molecule has 0 aromatic rings. The molecular weight excluding hydrogens is 248 g/mol. The number of H-pyrrole nitrogens is 1. The highest BCUT2D eigenvalue weighted by atomic mass is 16.3. The van der Waals surface area contributed by atoms with Gasteiger partial charge in [-0.15, -0.1) is 0 Å². The molecule has 0 unspecified atom stereocenters. The SMILES string of the molecule is Cc1cnc2c(=O)[nH]c(=O)nc-2n1CCCCCO. The van der Waals surface area contributed by atoms with Crippen LogP contribution in [0.25, 0.3) is 11.5 Å². The van der Waals surface area contributed by atoms with Crippen molar-refractivity contribution in [2.45, 2.75) is 32.7 Å². The Morgan fingerprint density at radius 2 is 2.11 bits per heavy atom. The lowest BCUT2D eigenvalue weighted by molar-refractivity contribution is 0.282. The van der Waals surface area contributed by atoms with Crippen LogP contribution in [0.5, 0.6) is 0 Å². The van der Waals surface area contributed by atoms with Crippen molar-refractivity contribution in [3.05, 3.63) is 32.7 Å². The van der Waals surface area contributed by atoms with Gasteiger partial charge in [0.15, 0.2) is 11.5 Å². The number of aryl methyl sites for hydroxylation is 1. The molecule has 0 radical (unpaired) electrons. The topological polar surface area (TPSA) is 101 Å². The van der Waals surface area contributed by atoms with Gasteiger partial charge in [-0.3, -0.25) is 9.78 Å². The van der Waals surface area contributed by atoms with E-state index in [2.05, 4.69) is 15.0 Å². The van der Waals surface area contributed by atoms with Crippen molar-refractivity contribution in [3.8, 4) is 11.5 Å². The summed E-state index contributed by atoms with van der Waals surface area (Å²) in [5, 5.41) is 8.75. The molecule has 0 aromatic carbocycles. The Kier molecular flexibility index (Phi) is 4.06. The molecule has 2 heterocycles. The molecule has 2 aliphatic rings. The highest BCUT2D eigenvalue weighted by molar-refractivity contribution is 5.48. The third-order valence-corrected chi connectivity index (χ3v) is 2.96. The van der Waals surface area contributed by atoms with Crippen molar-refractivity contribution in [2.75, 3.05) is 6.61 Å². The average molecular weight is 264 g/mol. The molecule has 0 aromatic heterocycles. The van der Waals surface area contributed by atoms with Gasteiger partial charge in [0.25, 0.3) is 5.56 Å². The van der Waals surface area contributed by atoms with Crippen molar-refractivity contribution in [1.82, 2.24) is 19.5 Å². The molecule has 7 nitrogen and oxygen atoms in total. The van der Waals surface area contributed by atoms with Gasteiger partial charge < -0.3 is 9.67 Å². The van der Waals surface area contributed by atoms with Crippen molar-refractivity contribution >= 4 is 0 Å². The lowest BCUT2D eigenvalue weighted by Crippen LogP contribution is -2.29. The number of unbranched alkanes of at least 4 members (excludes halogenated alkanes) is 2. The zero-order chi connectivity index (χ0) is 13.8. The highest BCUT2D eigenvalue weighted by Crippen LogP contribution is 2.14. The standard InChI is InChI=1S/C12H16N4O3/c1-8-7-13-9-10(14-12(19)15-11(9)18)16(8)5-3-2-4-6-17/h7,17H,2-6H2,1H3,(H,15,18,19). The molecule has 19 heavy (non-hydrogen) atoms. The number of aliphatic hydroxyl groups excluding tert-OH is 1. The molecule has 0 saturated heterocycles. The van der Waals surface area contributed by atoms with Crippen LogP contribution in [0.1, 0.15) is 25.0 Å². The summed E-state index contributed by atoms with van der Waals surface area (Å²) in [7, 11) is 0. The Hall–Kier alpha value is -2.02. The van der Waals surface area contributed by atoms with Gasteiger partial charge in [-0.2, -0.15) is 4.98 Å². The Bertz CT molecular complexity index is 646. The number of aromatic nitrogens is 4. The molecule has 2 rings (SSSR count). The minimum absolute atomic E-state index is 0.170. The number of hydrogen-bond acceptors (Lipinski definition) is 5. The van der Waals surface area contributed by atoms with Crippen molar-refractivity contribution in [3.63, 3.8) is 0 Å². The third-order valence-electron chi connectivity index (χ3n) is 2.96. The van der Waals surface area contributed by atoms with Gasteiger partial charge in [0.1, 0.15) is 0 Å². The van der Waals surface area contributed by atoms with Crippen molar-refractivity contribution < 1.29 is 5.11 Å². The minimum Gasteiger partial charge on any atom is -0.396 e. The molecule has 102 valence electrons. The normalized spacial score (nSPS) is 11.1. The summed E-state index contributed by atoms with van der Waals surface area (Å²) in [6, 6.07) is 0. The molecule has 0 saturated carbocycles. The molecule has 0 amide bonds. The van der Waals surface area contributed by atoms with Gasteiger partial charge in [-0.25, -0.2) is 9.78 Å². The van der Waals surface area contributed by atoms with Crippen LogP contribution in [0.2, 0.25) is 0 Å². The van der Waals surface area contributed by atoms with E-state index in [4.69, 9.17) is 5.11 Å². The van der Waals surface area contributed by atoms with E-state index in [0.29, 0.717) is 12.4 Å². The van der Waals surface area contributed by atoms with Gasteiger partial charge >= 0.3 is 5.69 Å². The van der Waals surface area contributed by atoms with E-state index in [0.717, 1.165) is 25.0 Å². The van der Waals surface area contributed by atoms with Gasteiger partial charge in [0.2, 0.25) is 0 Å². The predicted octanol–water partition coefficient (Wildman–Crippen LogP) is -0.0976. The molecule has 0 fully saturated rings. The van der Waals surface area contributed by atoms with Gasteiger partial charge in [0, 0.05) is 25.0 Å². The summed E-state index contributed by atoms with van der Waals surface area (Å²) in [4.78, 5) is 32.9. The summed E-state index contributed by atoms with van der Waals surface area (Å²) in [6.45, 7) is 2.66. The van der Waals surface area contributed by atoms with Crippen molar-refractivity contribution in [1.29, 1.82) is 0 Å². The summed E-state index contributed by atoms with van der Waals surface area (Å²) in [5.41, 5.74) is -0.158. The Morgan fingerprint density at radius 1 is 1.32 bits per heavy atom. The first-order valence-corrected chi connectivity index (χ1v) is 6.21. The van der Waals surface area contributed by atoms with E-state index < -0.39 is 11.2 Å². The number of aromatic amines is 1. The molecule has 0 atom stereocenters. The van der Waals surface area contributed by atoms with Gasteiger partial charge in [-0.1, -0.05) is 0 Å². The van der Waals surface area contributed by atoms with E-state index in [-0.39, 0.29) is 12.3 Å². The highest BCUT2D eigenvalue weighted by Gasteiger charge is 2.15. The molecule has 0 aliphatic carbocycles. The minimum atomic E-state index is -0.658. The largest absolute Gasteiger partial charge is 0.396 e. The van der Waals surface area contributed by atoms with Crippen LogP contribution >= 0.6 is 0 Å². The van der Waals surface area contributed by atoms with E-state index in [1.165, 1.54) is 0 Å². The Labute approximate surface area is 109 Å². The first-order chi connectivity index (χ1) is 9.13. The van der Waals surface area contributed by atoms with Crippen LogP contribution < -0.4 is 11.2 Å². The second-order valence-corrected chi connectivity index (χ2v) is 4.38. The smallest absolute Gasteiger partial charge is 0.349 e. The zero-order valence-electron chi connectivity index (χ0n) is 10.7. The first kappa shape index (κ1) is 13.4. The molecule has 2 N–H and O–H groups in total. The maximum absolute atomic E-state index is 11.6. The fourth-order valence-electron chi connectivity index (χ4n) is 1.97. The maximum Gasteiger partial charge on any atom is 0.349 e. The molecular formula is C12H16N4O3. The Morgan fingerprint density at radius 3 is 2.84 bits per heavy atom. The van der Waals surface area contributed by atoms with Crippen molar-refractivity contribution in [2.24, 2.45) is 0 Å². The zero-order valence-corrected chi connectivity index (χ0v) is 10.7. The number of hydrogen-bond donors (Lipinski definition) is 2. The fraction of sp³-hybridized carbons (Fsp3) is 0.500. The second-order valence-electron chi connectivity index (χ2n) is 4.38. The van der Waals surface area contributed by atoms with Crippen LogP contribution in [0.3, 0.4) is 0 Å². The molecule has 7 heteroatoms. The lowest BCUT2D eigenvalue weighted by Gasteiger charge is -2.15. The monoisotopic (exact) mass is 264 g/mol. The van der Waals surface area contributed by atoms with Crippen LogP contribution in [0.15, 0.2) is 15.8 Å². The Balaban J connectivity index is 2.39. The van der Waals surface area contributed by atoms with Crippen LogP contribution in [0.4, 0.5) is 0 Å². The van der Waals surface area contributed by atoms with E-state index in [9.17, 15) is 9.59 Å². The second kappa shape index (κ2) is 5.75. The quantitative estimate of drug-likeness (QED) is 0.734. The number of nitrogens with one attached hydrogen (secondary N) is 1. The van der Waals surface area contributed by atoms with Crippen LogP contribution in [0, 0.1) is 6.92 Å². The van der Waals surface area contributed by atoms with Crippen LogP contribution in [-0.4, -0.2) is 31.2 Å². The number of nitrogens with zero attached hydrogens (tertiary/aromatic N) is 3. The summed E-state index contributed by atoms with van der Waals surface area (Å²) in [5.74, 6) is 0.317. The van der Waals surface area contributed by atoms with Gasteiger partial charge in [-0.05, 0) is 26.2 Å². The van der Waals surface area contributed by atoms with E-state index in [1.807, 2.05) is 11.5 Å². The summed E-state index contributed by atoms with van der Waals surface area (Å²) in [6.07, 6.45) is 4.05. The van der Waals surface area contributed by atoms with E-state index >= 15 is 0 Å². The van der Waals surface area contributed by atoms with E-state index in [1.54, 1.807) is 6.20 Å². The average Bonchev–Trinajstić information content (AvgIpc) is 2.36. The maximum atomic E-state index is 11.6. The lowest BCUT2D eigenvalue weighted by atomic mass is 10.2.